The van der Waals surface area contributed by atoms with Crippen LogP contribution in [0.15, 0.2) is 29.2 Å². The second kappa shape index (κ2) is 8.89. The maximum Gasteiger partial charge on any atom is 0.305 e. The van der Waals surface area contributed by atoms with E-state index in [1.54, 1.807) is 31.2 Å². The Morgan fingerprint density at radius 1 is 1.21 bits per heavy atom. The van der Waals surface area contributed by atoms with Gasteiger partial charge in [0.2, 0.25) is 10.0 Å². The molecule has 0 spiro atoms. The Kier molecular flexibility index (Phi) is 7.24. The summed E-state index contributed by atoms with van der Waals surface area (Å²) in [6.07, 6.45) is 0.655. The summed E-state index contributed by atoms with van der Waals surface area (Å²) in [6, 6.07) is 6.56. The lowest BCUT2D eigenvalue weighted by Crippen LogP contribution is -2.48. The van der Waals surface area contributed by atoms with E-state index in [1.807, 2.05) is 6.92 Å². The van der Waals surface area contributed by atoms with Crippen molar-refractivity contribution >= 4 is 26.1 Å². The second-order valence-corrected chi connectivity index (χ2v) is 10.7. The Balaban J connectivity index is 2.28. The molecule has 3 atom stereocenters. The van der Waals surface area contributed by atoms with Gasteiger partial charge in [0.25, 0.3) is 10.1 Å². The molecule has 0 radical (unpaired) electrons. The van der Waals surface area contributed by atoms with Gasteiger partial charge >= 0.3 is 5.97 Å². The largest absolute Gasteiger partial charge is 0.469 e. The minimum Gasteiger partial charge on any atom is -0.469 e. The molecule has 0 aliphatic carbocycles. The van der Waals surface area contributed by atoms with Crippen LogP contribution in [0, 0.1) is 18.8 Å². The van der Waals surface area contributed by atoms with Crippen molar-refractivity contribution in [3.8, 4) is 0 Å². The maximum atomic E-state index is 13.0. The molecule has 0 aromatic heterocycles. The fourth-order valence-electron chi connectivity index (χ4n) is 3.51. The molecule has 1 heterocycles. The molecule has 8 nitrogen and oxygen atoms in total. The van der Waals surface area contributed by atoms with E-state index in [4.69, 9.17) is 8.92 Å². The molecule has 1 aliphatic heterocycles. The van der Waals surface area contributed by atoms with Gasteiger partial charge in [-0.3, -0.25) is 8.98 Å². The van der Waals surface area contributed by atoms with E-state index in [2.05, 4.69) is 0 Å². The average Bonchev–Trinajstić information content (AvgIpc) is 2.60. The molecule has 10 heteroatoms. The van der Waals surface area contributed by atoms with Crippen molar-refractivity contribution < 1.29 is 30.6 Å². The van der Waals surface area contributed by atoms with Crippen LogP contribution in [0.1, 0.15) is 25.3 Å². The second-order valence-electron chi connectivity index (χ2n) is 7.17. The minimum atomic E-state index is -3.73. The summed E-state index contributed by atoms with van der Waals surface area (Å²) in [7, 11) is -6.18. The van der Waals surface area contributed by atoms with Gasteiger partial charge in [-0.15, -0.1) is 0 Å². The fourth-order valence-corrected chi connectivity index (χ4v) is 5.69. The average molecular weight is 434 g/mol. The van der Waals surface area contributed by atoms with E-state index in [0.717, 1.165) is 11.8 Å². The van der Waals surface area contributed by atoms with Crippen molar-refractivity contribution in [2.24, 2.45) is 11.8 Å². The molecule has 158 valence electrons. The quantitative estimate of drug-likeness (QED) is 0.474. The van der Waals surface area contributed by atoms with E-state index in [9.17, 15) is 21.6 Å². The zero-order valence-corrected chi connectivity index (χ0v) is 18.1. The van der Waals surface area contributed by atoms with Crippen LogP contribution >= 0.6 is 0 Å². The summed E-state index contributed by atoms with van der Waals surface area (Å²) < 4.78 is 60.3. The molecule has 0 amide bonds. The van der Waals surface area contributed by atoms with Crippen molar-refractivity contribution in [2.45, 2.75) is 37.7 Å². The lowest BCUT2D eigenvalue weighted by atomic mass is 9.81. The molecule has 1 saturated heterocycles. The normalized spacial score (nSPS) is 22.6. The first-order valence-corrected chi connectivity index (χ1v) is 12.2. The predicted octanol–water partition coefficient (Wildman–Crippen LogP) is 1.55. The van der Waals surface area contributed by atoms with Crippen LogP contribution in [0.25, 0.3) is 0 Å². The number of esters is 1. The Labute approximate surface area is 167 Å². The number of piperidine rings is 1. The summed E-state index contributed by atoms with van der Waals surface area (Å²) in [5.74, 6) is -1.13. The zero-order valence-electron chi connectivity index (χ0n) is 16.5. The van der Waals surface area contributed by atoms with Crippen LogP contribution in [-0.4, -0.2) is 59.7 Å². The molecule has 1 aliphatic rings. The number of aryl methyl sites for hydroxylation is 1. The number of carbonyl (C=O) groups excluding carboxylic acids is 1. The third-order valence-corrected chi connectivity index (χ3v) is 7.55. The zero-order chi connectivity index (χ0) is 21.1. The van der Waals surface area contributed by atoms with Gasteiger partial charge in [0.05, 0.1) is 24.4 Å². The topological polar surface area (TPSA) is 107 Å². The number of benzene rings is 1. The van der Waals surface area contributed by atoms with Crippen LogP contribution in [0.4, 0.5) is 0 Å². The van der Waals surface area contributed by atoms with Crippen molar-refractivity contribution in [2.75, 3.05) is 26.5 Å². The van der Waals surface area contributed by atoms with Gasteiger partial charge in [-0.2, -0.15) is 12.7 Å². The number of nitrogens with zero attached hydrogens (tertiary/aromatic N) is 1. The van der Waals surface area contributed by atoms with Gasteiger partial charge in [0.15, 0.2) is 0 Å². The van der Waals surface area contributed by atoms with Crippen LogP contribution in [0.3, 0.4) is 0 Å². The van der Waals surface area contributed by atoms with E-state index in [0.29, 0.717) is 6.42 Å². The SMILES string of the molecule is COC(=O)C[C@H]1CCN(S(=O)(=O)c2ccc(C)cc2)C[C@@H]1C(C)OS(C)(=O)=O. The highest BCUT2D eigenvalue weighted by Crippen LogP contribution is 2.34. The molecule has 28 heavy (non-hydrogen) atoms. The molecule has 1 unspecified atom stereocenters. The third-order valence-electron chi connectivity index (χ3n) is 5.01. The molecule has 2 rings (SSSR count). The van der Waals surface area contributed by atoms with Crippen molar-refractivity contribution in [1.82, 2.24) is 4.31 Å². The predicted molar refractivity (Wildman–Crippen MR) is 104 cm³/mol. The summed E-state index contributed by atoms with van der Waals surface area (Å²) in [6.45, 7) is 3.75. The molecular weight excluding hydrogens is 406 g/mol. The van der Waals surface area contributed by atoms with E-state index < -0.39 is 38.1 Å². The van der Waals surface area contributed by atoms with Gasteiger partial charge < -0.3 is 4.74 Å². The van der Waals surface area contributed by atoms with E-state index >= 15 is 0 Å². The van der Waals surface area contributed by atoms with E-state index in [1.165, 1.54) is 11.4 Å². The number of carbonyl (C=O) groups is 1. The van der Waals surface area contributed by atoms with Crippen LogP contribution in [0.5, 0.6) is 0 Å². The van der Waals surface area contributed by atoms with Gasteiger partial charge in [-0.1, -0.05) is 17.7 Å². The Morgan fingerprint density at radius 3 is 2.36 bits per heavy atom. The standard InChI is InChI=1S/C18H27NO7S2/c1-13-5-7-16(8-6-13)28(23,24)19-10-9-15(11-18(20)25-3)17(12-19)14(2)26-27(4,21)22/h5-8,14-15,17H,9-12H2,1-4H3/t14?,15-,17-/m1/s1. The molecule has 0 N–H and O–H groups in total. The third kappa shape index (κ3) is 5.76. The smallest absolute Gasteiger partial charge is 0.305 e. The highest BCUT2D eigenvalue weighted by molar-refractivity contribution is 7.89. The van der Waals surface area contributed by atoms with Gasteiger partial charge in [0.1, 0.15) is 0 Å². The first-order chi connectivity index (χ1) is 12.9. The molecule has 0 bridgehead atoms. The Hall–Kier alpha value is -1.49. The first kappa shape index (κ1) is 22.8. The number of hydrogen-bond acceptors (Lipinski definition) is 7. The first-order valence-electron chi connectivity index (χ1n) is 8.96. The molecule has 1 fully saturated rings. The molecule has 1 aromatic rings. The minimum absolute atomic E-state index is 0.0640. The molecule has 0 saturated carbocycles. The molecule has 1 aromatic carbocycles. The van der Waals surface area contributed by atoms with E-state index in [-0.39, 0.29) is 30.3 Å². The van der Waals surface area contributed by atoms with Crippen LogP contribution < -0.4 is 0 Å². The lowest BCUT2D eigenvalue weighted by molar-refractivity contribution is -0.142. The summed E-state index contributed by atoms with van der Waals surface area (Å²) in [5, 5.41) is 0. The van der Waals surface area contributed by atoms with Crippen LogP contribution in [0.2, 0.25) is 0 Å². The highest BCUT2D eigenvalue weighted by Gasteiger charge is 2.40. The number of ether oxygens (including phenoxy) is 1. The van der Waals surface area contributed by atoms with Crippen LogP contribution in [-0.2, 0) is 33.9 Å². The summed E-state index contributed by atoms with van der Waals surface area (Å²) in [5.41, 5.74) is 0.948. The highest BCUT2D eigenvalue weighted by atomic mass is 32.2. The summed E-state index contributed by atoms with van der Waals surface area (Å²) >= 11 is 0. The summed E-state index contributed by atoms with van der Waals surface area (Å²) in [4.78, 5) is 11.9. The number of methoxy groups -OCH3 is 1. The van der Waals surface area contributed by atoms with Gasteiger partial charge in [-0.25, -0.2) is 8.42 Å². The van der Waals surface area contributed by atoms with Crippen molar-refractivity contribution in [3.63, 3.8) is 0 Å². The van der Waals surface area contributed by atoms with Crippen molar-refractivity contribution in [1.29, 1.82) is 0 Å². The van der Waals surface area contributed by atoms with Crippen molar-refractivity contribution in [3.05, 3.63) is 29.8 Å². The lowest BCUT2D eigenvalue weighted by Gasteiger charge is -2.39. The van der Waals surface area contributed by atoms with Gasteiger partial charge in [-0.05, 0) is 38.3 Å². The number of hydrogen-bond donors (Lipinski definition) is 0. The Bertz CT molecular complexity index is 894. The Morgan fingerprint density at radius 2 is 1.82 bits per heavy atom. The maximum absolute atomic E-state index is 13.0. The number of sulfonamides is 1. The van der Waals surface area contributed by atoms with Gasteiger partial charge in [0, 0.05) is 25.4 Å². The molecular formula is C18H27NO7S2. The fraction of sp³-hybridized carbons (Fsp3) is 0.611. The monoisotopic (exact) mass is 433 g/mol. The number of rotatable bonds is 7.